The van der Waals surface area contributed by atoms with Gasteiger partial charge in [0.2, 0.25) is 0 Å². The van der Waals surface area contributed by atoms with Gasteiger partial charge in [-0.15, -0.1) is 0 Å². The summed E-state index contributed by atoms with van der Waals surface area (Å²) in [6.45, 7) is 2.52. The molecule has 19 heavy (non-hydrogen) atoms. The third-order valence-electron chi connectivity index (χ3n) is 2.61. The molecule has 4 nitrogen and oxygen atoms in total. The Kier molecular flexibility index (Phi) is 6.75. The Morgan fingerprint density at radius 3 is 2.42 bits per heavy atom. The molecule has 0 saturated carbocycles. The summed E-state index contributed by atoms with van der Waals surface area (Å²) in [5.74, 6) is 1.29. The predicted octanol–water partition coefficient (Wildman–Crippen LogP) is 4.63. The smallest absolute Gasteiger partial charge is 0.272 e. The molecule has 1 atom stereocenters. The van der Waals surface area contributed by atoms with E-state index in [1.165, 1.54) is 12.1 Å². The lowest BCUT2D eigenvalue weighted by molar-refractivity contribution is -0.384. The zero-order chi connectivity index (χ0) is 14.4. The number of halogens is 2. The van der Waals surface area contributed by atoms with Gasteiger partial charge in [-0.2, -0.15) is 12.6 Å². The topological polar surface area (TPSA) is 52.4 Å². The first-order valence-corrected chi connectivity index (χ1v) is 7.25. The van der Waals surface area contributed by atoms with E-state index in [1.807, 2.05) is 0 Å². The second kappa shape index (κ2) is 7.82. The average Bonchev–Trinajstić information content (AvgIpc) is 2.36. The van der Waals surface area contributed by atoms with E-state index in [4.69, 9.17) is 27.9 Å². The van der Waals surface area contributed by atoms with Crippen LogP contribution < -0.4 is 4.74 Å². The van der Waals surface area contributed by atoms with Gasteiger partial charge in [-0.05, 0) is 12.2 Å². The number of rotatable bonds is 7. The van der Waals surface area contributed by atoms with Gasteiger partial charge in [-0.3, -0.25) is 10.1 Å². The Labute approximate surface area is 127 Å². The Bertz CT molecular complexity index is 434. The van der Waals surface area contributed by atoms with Gasteiger partial charge in [-0.25, -0.2) is 0 Å². The lowest BCUT2D eigenvalue weighted by atomic mass is 10.1. The van der Waals surface area contributed by atoms with Crippen molar-refractivity contribution in [1.82, 2.24) is 0 Å². The Hall–Kier alpha value is -0.650. The summed E-state index contributed by atoms with van der Waals surface area (Å²) >= 11 is 16.2. The second-order valence-corrected chi connectivity index (χ2v) is 5.32. The van der Waals surface area contributed by atoms with Crippen molar-refractivity contribution in [3.05, 3.63) is 32.3 Å². The monoisotopic (exact) mass is 323 g/mol. The van der Waals surface area contributed by atoms with Crippen LogP contribution in [-0.4, -0.2) is 17.3 Å². The van der Waals surface area contributed by atoms with Crippen molar-refractivity contribution >= 4 is 41.5 Å². The molecule has 0 N–H and O–H groups in total. The van der Waals surface area contributed by atoms with E-state index in [1.54, 1.807) is 0 Å². The summed E-state index contributed by atoms with van der Waals surface area (Å²) in [5.41, 5.74) is -0.151. The van der Waals surface area contributed by atoms with E-state index in [0.29, 0.717) is 18.3 Å². The molecule has 0 spiro atoms. The van der Waals surface area contributed by atoms with Crippen molar-refractivity contribution in [3.63, 3.8) is 0 Å². The molecule has 1 rings (SSSR count). The summed E-state index contributed by atoms with van der Waals surface area (Å²) < 4.78 is 5.57. The summed E-state index contributed by atoms with van der Waals surface area (Å²) in [7, 11) is 0. The Morgan fingerprint density at radius 1 is 1.42 bits per heavy atom. The van der Waals surface area contributed by atoms with Crippen LogP contribution in [0.4, 0.5) is 5.69 Å². The third-order valence-corrected chi connectivity index (χ3v) is 3.69. The van der Waals surface area contributed by atoms with Crippen molar-refractivity contribution in [2.24, 2.45) is 5.92 Å². The van der Waals surface area contributed by atoms with E-state index >= 15 is 0 Å². The largest absolute Gasteiger partial charge is 0.490 e. The number of nitro benzene ring substituents is 1. The van der Waals surface area contributed by atoms with E-state index in [2.05, 4.69) is 19.6 Å². The van der Waals surface area contributed by atoms with Crippen LogP contribution in [0.1, 0.15) is 19.8 Å². The van der Waals surface area contributed by atoms with Gasteiger partial charge in [0.25, 0.3) is 5.69 Å². The van der Waals surface area contributed by atoms with Crippen molar-refractivity contribution in [3.8, 4) is 5.75 Å². The van der Waals surface area contributed by atoms with Crippen LogP contribution in [-0.2, 0) is 0 Å². The second-order valence-electron chi connectivity index (χ2n) is 4.14. The Morgan fingerprint density at radius 2 is 2.00 bits per heavy atom. The molecule has 0 fully saturated rings. The zero-order valence-electron chi connectivity index (χ0n) is 10.4. The quantitative estimate of drug-likeness (QED) is 0.452. The predicted molar refractivity (Wildman–Crippen MR) is 80.9 cm³/mol. The molecule has 106 valence electrons. The minimum atomic E-state index is -0.546. The molecule has 0 aliphatic carbocycles. The number of hydrogen-bond donors (Lipinski definition) is 1. The number of non-ortho nitro benzene ring substituents is 1. The highest BCUT2D eigenvalue weighted by Gasteiger charge is 2.17. The van der Waals surface area contributed by atoms with Crippen LogP contribution in [0.3, 0.4) is 0 Å². The van der Waals surface area contributed by atoms with Crippen LogP contribution >= 0.6 is 35.8 Å². The Balaban J connectivity index is 2.81. The fraction of sp³-hybridized carbons (Fsp3) is 0.500. The van der Waals surface area contributed by atoms with E-state index < -0.39 is 4.92 Å². The molecule has 0 aromatic heterocycles. The molecule has 1 aromatic rings. The van der Waals surface area contributed by atoms with E-state index in [9.17, 15) is 10.1 Å². The molecule has 0 aliphatic heterocycles. The van der Waals surface area contributed by atoms with Crippen molar-refractivity contribution < 1.29 is 9.66 Å². The highest BCUT2D eigenvalue weighted by molar-refractivity contribution is 7.80. The van der Waals surface area contributed by atoms with Crippen LogP contribution in [0.5, 0.6) is 5.75 Å². The molecule has 1 aromatic carbocycles. The van der Waals surface area contributed by atoms with Crippen LogP contribution in [0.2, 0.25) is 10.0 Å². The minimum absolute atomic E-state index is 0.147. The van der Waals surface area contributed by atoms with Gasteiger partial charge in [0.05, 0.1) is 21.6 Å². The summed E-state index contributed by atoms with van der Waals surface area (Å²) in [4.78, 5) is 10.1. The average molecular weight is 324 g/mol. The molecule has 0 heterocycles. The molecule has 0 saturated heterocycles. The fourth-order valence-corrected chi connectivity index (χ4v) is 2.50. The maximum absolute atomic E-state index is 10.7. The molecule has 0 aliphatic rings. The van der Waals surface area contributed by atoms with Crippen LogP contribution in [0.25, 0.3) is 0 Å². The number of ether oxygens (including phenoxy) is 1. The first-order valence-electron chi connectivity index (χ1n) is 5.86. The summed E-state index contributed by atoms with van der Waals surface area (Å²) in [6.07, 6.45) is 2.03. The molecule has 7 heteroatoms. The van der Waals surface area contributed by atoms with Gasteiger partial charge in [0.1, 0.15) is 0 Å². The number of nitrogens with zero attached hydrogens (tertiary/aromatic N) is 1. The number of thiol groups is 1. The highest BCUT2D eigenvalue weighted by atomic mass is 35.5. The fourth-order valence-electron chi connectivity index (χ4n) is 1.63. The van der Waals surface area contributed by atoms with Gasteiger partial charge < -0.3 is 4.74 Å². The standard InChI is InChI=1S/C12H15Cl2NO3S/c1-2-3-8(7-19)6-18-12-10(13)4-9(15(16)17)5-11(12)14/h4-5,8,19H,2-3,6-7H2,1H3. The number of benzene rings is 1. The molecular formula is C12H15Cl2NO3S. The molecule has 0 radical (unpaired) electrons. The molecule has 0 bridgehead atoms. The SMILES string of the molecule is CCCC(CS)COc1c(Cl)cc([N+](=O)[O-])cc1Cl. The molecule has 1 unspecified atom stereocenters. The lowest BCUT2D eigenvalue weighted by Crippen LogP contribution is -2.14. The van der Waals surface area contributed by atoms with Gasteiger partial charge in [-0.1, -0.05) is 36.5 Å². The van der Waals surface area contributed by atoms with E-state index in [0.717, 1.165) is 12.8 Å². The third kappa shape index (κ3) is 4.75. The summed E-state index contributed by atoms with van der Waals surface area (Å²) in [6, 6.07) is 2.47. The first kappa shape index (κ1) is 16.4. The minimum Gasteiger partial charge on any atom is -0.490 e. The van der Waals surface area contributed by atoms with Gasteiger partial charge in [0.15, 0.2) is 5.75 Å². The first-order chi connectivity index (χ1) is 8.99. The van der Waals surface area contributed by atoms with Crippen LogP contribution in [0.15, 0.2) is 12.1 Å². The van der Waals surface area contributed by atoms with E-state index in [-0.39, 0.29) is 21.5 Å². The summed E-state index contributed by atoms with van der Waals surface area (Å²) in [5, 5.41) is 10.9. The van der Waals surface area contributed by atoms with Crippen molar-refractivity contribution in [1.29, 1.82) is 0 Å². The highest BCUT2D eigenvalue weighted by Crippen LogP contribution is 2.37. The van der Waals surface area contributed by atoms with Gasteiger partial charge in [0, 0.05) is 18.1 Å². The van der Waals surface area contributed by atoms with Crippen molar-refractivity contribution in [2.45, 2.75) is 19.8 Å². The maximum atomic E-state index is 10.7. The van der Waals surface area contributed by atoms with Crippen molar-refractivity contribution in [2.75, 3.05) is 12.4 Å². The molecular weight excluding hydrogens is 309 g/mol. The normalized spacial score (nSPS) is 12.2. The lowest BCUT2D eigenvalue weighted by Gasteiger charge is -2.16. The number of hydrogen-bond acceptors (Lipinski definition) is 4. The zero-order valence-corrected chi connectivity index (χ0v) is 12.8. The molecule has 0 amide bonds. The van der Waals surface area contributed by atoms with Gasteiger partial charge >= 0.3 is 0 Å². The maximum Gasteiger partial charge on any atom is 0.272 e. The van der Waals surface area contributed by atoms with Crippen LogP contribution in [0, 0.1) is 16.0 Å². The number of nitro groups is 1.